The molecule has 0 amide bonds. The molecule has 1 saturated carbocycles. The summed E-state index contributed by atoms with van der Waals surface area (Å²) < 4.78 is 0. The molecule has 3 heteroatoms. The van der Waals surface area contributed by atoms with Crippen LogP contribution in [0.15, 0.2) is 12.2 Å². The zero-order valence-corrected chi connectivity index (χ0v) is 5.00. The lowest BCUT2D eigenvalue weighted by atomic mass is 10.3. The first-order valence-electron chi connectivity index (χ1n) is 2.83. The van der Waals surface area contributed by atoms with Crippen molar-refractivity contribution in [1.82, 2.24) is 0 Å². The first-order valence-corrected chi connectivity index (χ1v) is 2.83. The molecule has 0 aromatic heterocycles. The Morgan fingerprint density at radius 2 is 2.22 bits per heavy atom. The lowest BCUT2D eigenvalue weighted by Crippen LogP contribution is -2.17. The third-order valence-electron chi connectivity index (χ3n) is 1.39. The van der Waals surface area contributed by atoms with Crippen LogP contribution in [0.3, 0.4) is 0 Å². The highest BCUT2D eigenvalue weighted by Gasteiger charge is 2.35. The molecule has 50 valence electrons. The quantitative estimate of drug-likeness (QED) is 0.518. The van der Waals surface area contributed by atoms with E-state index in [-0.39, 0.29) is 5.54 Å². The monoisotopic (exact) mass is 127 g/mol. The van der Waals surface area contributed by atoms with Gasteiger partial charge in [0.05, 0.1) is 0 Å². The van der Waals surface area contributed by atoms with Crippen LogP contribution in [0.2, 0.25) is 0 Å². The molecule has 0 unspecified atom stereocenters. The van der Waals surface area contributed by atoms with Crippen LogP contribution >= 0.6 is 0 Å². The fourth-order valence-electron chi connectivity index (χ4n) is 0.548. The van der Waals surface area contributed by atoms with Gasteiger partial charge in [-0.25, -0.2) is 4.79 Å². The Kier molecular flexibility index (Phi) is 1.29. The van der Waals surface area contributed by atoms with E-state index in [1.54, 1.807) is 6.08 Å². The summed E-state index contributed by atoms with van der Waals surface area (Å²) in [4.78, 5) is 9.93. The maximum atomic E-state index is 9.93. The summed E-state index contributed by atoms with van der Waals surface area (Å²) in [5.41, 5.74) is 5.27. The average molecular weight is 127 g/mol. The third-order valence-corrected chi connectivity index (χ3v) is 1.39. The lowest BCUT2D eigenvalue weighted by Gasteiger charge is -1.95. The van der Waals surface area contributed by atoms with Gasteiger partial charge < -0.3 is 10.8 Å². The highest BCUT2D eigenvalue weighted by atomic mass is 16.4. The van der Waals surface area contributed by atoms with Gasteiger partial charge in [0.15, 0.2) is 0 Å². The summed E-state index contributed by atoms with van der Waals surface area (Å²) in [5.74, 6) is -0.924. The van der Waals surface area contributed by atoms with Crippen molar-refractivity contribution in [3.8, 4) is 0 Å². The van der Waals surface area contributed by atoms with Crippen LogP contribution in [0.5, 0.6) is 0 Å². The number of carboxylic acid groups (broad SMARTS) is 1. The molecule has 0 radical (unpaired) electrons. The normalized spacial score (nSPS) is 22.3. The molecule has 9 heavy (non-hydrogen) atoms. The van der Waals surface area contributed by atoms with Crippen molar-refractivity contribution >= 4 is 5.97 Å². The molecule has 3 N–H and O–H groups in total. The number of nitrogens with two attached hydrogens (primary N) is 1. The van der Waals surface area contributed by atoms with E-state index in [4.69, 9.17) is 10.8 Å². The van der Waals surface area contributed by atoms with E-state index in [9.17, 15) is 4.79 Å². The molecule has 0 saturated heterocycles. The minimum Gasteiger partial charge on any atom is -0.478 e. The van der Waals surface area contributed by atoms with E-state index in [2.05, 4.69) is 0 Å². The summed E-state index contributed by atoms with van der Waals surface area (Å²) in [5, 5.41) is 8.16. The first kappa shape index (κ1) is 6.29. The van der Waals surface area contributed by atoms with Crippen molar-refractivity contribution in [3.05, 3.63) is 12.2 Å². The molecular formula is C6H9NO2. The Labute approximate surface area is 53.2 Å². The zero-order valence-electron chi connectivity index (χ0n) is 5.00. The highest BCUT2D eigenvalue weighted by molar-refractivity contribution is 5.80. The van der Waals surface area contributed by atoms with Crippen LogP contribution in [-0.2, 0) is 4.79 Å². The van der Waals surface area contributed by atoms with Crippen LogP contribution in [0.4, 0.5) is 0 Å². The van der Waals surface area contributed by atoms with E-state index < -0.39 is 5.97 Å². The minimum atomic E-state index is -0.924. The van der Waals surface area contributed by atoms with Crippen LogP contribution < -0.4 is 5.73 Å². The summed E-state index contributed by atoms with van der Waals surface area (Å²) >= 11 is 0. The van der Waals surface area contributed by atoms with Crippen molar-refractivity contribution in [2.45, 2.75) is 18.4 Å². The van der Waals surface area contributed by atoms with Crippen molar-refractivity contribution in [2.75, 3.05) is 0 Å². The largest absolute Gasteiger partial charge is 0.478 e. The van der Waals surface area contributed by atoms with Gasteiger partial charge in [0, 0.05) is 11.6 Å². The molecule has 3 nitrogen and oxygen atoms in total. The number of rotatable bonds is 2. The van der Waals surface area contributed by atoms with Crippen molar-refractivity contribution < 1.29 is 9.90 Å². The summed E-state index contributed by atoms with van der Waals surface area (Å²) in [7, 11) is 0. The maximum Gasteiger partial charge on any atom is 0.328 e. The number of carbonyl (C=O) groups is 1. The molecule has 0 aromatic rings. The van der Waals surface area contributed by atoms with Crippen LogP contribution in [-0.4, -0.2) is 16.6 Å². The van der Waals surface area contributed by atoms with Crippen LogP contribution in [0.25, 0.3) is 0 Å². The van der Waals surface area contributed by atoms with Gasteiger partial charge in [-0.2, -0.15) is 0 Å². The van der Waals surface area contributed by atoms with Gasteiger partial charge in [0.1, 0.15) is 0 Å². The highest BCUT2D eigenvalue weighted by Crippen LogP contribution is 2.33. The van der Waals surface area contributed by atoms with Gasteiger partial charge in [-0.05, 0) is 12.8 Å². The molecule has 1 aliphatic carbocycles. The fourth-order valence-corrected chi connectivity index (χ4v) is 0.548. The fraction of sp³-hybridized carbons (Fsp3) is 0.500. The second-order valence-corrected chi connectivity index (χ2v) is 2.40. The zero-order chi connectivity index (χ0) is 6.91. The van der Waals surface area contributed by atoms with Gasteiger partial charge in [-0.15, -0.1) is 0 Å². The minimum absolute atomic E-state index is 0.279. The smallest absolute Gasteiger partial charge is 0.328 e. The number of aliphatic carboxylic acids is 1. The summed E-state index contributed by atoms with van der Waals surface area (Å²) in [6.07, 6.45) is 4.48. The predicted octanol–water partition coefficient (Wildman–Crippen LogP) is 0.118. The van der Waals surface area contributed by atoms with Crippen molar-refractivity contribution in [3.63, 3.8) is 0 Å². The van der Waals surface area contributed by atoms with Crippen molar-refractivity contribution in [1.29, 1.82) is 0 Å². The van der Waals surface area contributed by atoms with Gasteiger partial charge in [-0.3, -0.25) is 0 Å². The molecule has 1 rings (SSSR count). The third kappa shape index (κ3) is 1.85. The van der Waals surface area contributed by atoms with Crippen LogP contribution in [0, 0.1) is 0 Å². The molecule has 0 heterocycles. The SMILES string of the molecule is NC1(/C=C/C(=O)O)CC1. The Bertz CT molecular complexity index is 158. The number of hydrogen-bond acceptors (Lipinski definition) is 2. The molecule has 0 aliphatic heterocycles. The second kappa shape index (κ2) is 1.84. The second-order valence-electron chi connectivity index (χ2n) is 2.40. The summed E-state index contributed by atoms with van der Waals surface area (Å²) in [6.45, 7) is 0. The lowest BCUT2D eigenvalue weighted by molar-refractivity contribution is -0.131. The Morgan fingerprint density at radius 3 is 2.56 bits per heavy atom. The molecular weight excluding hydrogens is 118 g/mol. The van der Waals surface area contributed by atoms with Crippen molar-refractivity contribution in [2.24, 2.45) is 5.73 Å². The van der Waals surface area contributed by atoms with Gasteiger partial charge >= 0.3 is 5.97 Å². The Morgan fingerprint density at radius 1 is 1.67 bits per heavy atom. The Balaban J connectivity index is 2.40. The number of carboxylic acids is 1. The van der Waals surface area contributed by atoms with E-state index >= 15 is 0 Å². The van der Waals surface area contributed by atoms with Gasteiger partial charge in [0.25, 0.3) is 0 Å². The standard InChI is InChI=1S/C6H9NO2/c7-6(3-4-6)2-1-5(8)9/h1-2H,3-4,7H2,(H,8,9)/b2-1+. The molecule has 1 aliphatic rings. The van der Waals surface area contributed by atoms with Gasteiger partial charge in [-0.1, -0.05) is 6.08 Å². The average Bonchev–Trinajstić information content (AvgIpc) is 2.45. The number of hydrogen-bond donors (Lipinski definition) is 2. The Hall–Kier alpha value is -0.830. The predicted molar refractivity (Wildman–Crippen MR) is 32.9 cm³/mol. The molecule has 0 spiro atoms. The molecule has 0 aromatic carbocycles. The van der Waals surface area contributed by atoms with Gasteiger partial charge in [0.2, 0.25) is 0 Å². The molecule has 0 atom stereocenters. The summed E-state index contributed by atoms with van der Waals surface area (Å²) in [6, 6.07) is 0. The van der Waals surface area contributed by atoms with Crippen LogP contribution in [0.1, 0.15) is 12.8 Å². The first-order chi connectivity index (χ1) is 4.12. The van der Waals surface area contributed by atoms with E-state index in [0.717, 1.165) is 18.9 Å². The van der Waals surface area contributed by atoms with E-state index in [0.29, 0.717) is 0 Å². The van der Waals surface area contributed by atoms with E-state index in [1.807, 2.05) is 0 Å². The molecule has 1 fully saturated rings. The topological polar surface area (TPSA) is 63.3 Å². The molecule has 0 bridgehead atoms. The van der Waals surface area contributed by atoms with E-state index in [1.165, 1.54) is 0 Å². The maximum absolute atomic E-state index is 9.93.